The maximum Gasteiger partial charge on any atom is 0.335 e. The monoisotopic (exact) mass is 385 g/mol. The van der Waals surface area contributed by atoms with Gasteiger partial charge in [0.15, 0.2) is 0 Å². The SMILES string of the molecule is CC1(C)CCC(C)(N=[N+]=[N-])c2ccc(-c3ccc4cc(C(=O)O)ccc4c3)cc21. The number of carbonyl (C=O) groups is 1. The maximum atomic E-state index is 11.2. The van der Waals surface area contributed by atoms with E-state index < -0.39 is 11.5 Å². The Morgan fingerprint density at radius 1 is 0.931 bits per heavy atom. The lowest BCUT2D eigenvalue weighted by molar-refractivity contribution is 0.0697. The topological polar surface area (TPSA) is 86.1 Å². The maximum absolute atomic E-state index is 11.2. The zero-order valence-electron chi connectivity index (χ0n) is 16.8. The minimum atomic E-state index is -0.920. The van der Waals surface area contributed by atoms with Gasteiger partial charge in [-0.1, -0.05) is 55.4 Å². The third-order valence-electron chi connectivity index (χ3n) is 6.25. The molecule has 1 aliphatic rings. The number of hydrogen-bond acceptors (Lipinski definition) is 2. The Kier molecular flexibility index (Phi) is 4.36. The molecule has 1 aliphatic carbocycles. The van der Waals surface area contributed by atoms with Gasteiger partial charge in [0.2, 0.25) is 0 Å². The smallest absolute Gasteiger partial charge is 0.335 e. The largest absolute Gasteiger partial charge is 0.478 e. The number of hydrogen-bond donors (Lipinski definition) is 1. The Balaban J connectivity index is 1.83. The van der Waals surface area contributed by atoms with Crippen LogP contribution >= 0.6 is 0 Å². The Hall–Kier alpha value is -3.30. The van der Waals surface area contributed by atoms with Crippen molar-refractivity contribution in [1.82, 2.24) is 0 Å². The highest BCUT2D eigenvalue weighted by molar-refractivity contribution is 5.95. The number of carboxylic acid groups (broad SMARTS) is 1. The van der Waals surface area contributed by atoms with E-state index in [2.05, 4.69) is 48.1 Å². The molecule has 5 heteroatoms. The summed E-state index contributed by atoms with van der Waals surface area (Å²) < 4.78 is 0. The number of benzene rings is 3. The molecule has 29 heavy (non-hydrogen) atoms. The van der Waals surface area contributed by atoms with Crippen molar-refractivity contribution < 1.29 is 9.90 Å². The summed E-state index contributed by atoms with van der Waals surface area (Å²) in [5, 5.41) is 15.2. The molecular weight excluding hydrogens is 362 g/mol. The minimum Gasteiger partial charge on any atom is -0.478 e. The highest BCUT2D eigenvalue weighted by Crippen LogP contribution is 2.47. The quantitative estimate of drug-likeness (QED) is 0.305. The number of fused-ring (bicyclic) bond motifs is 2. The van der Waals surface area contributed by atoms with E-state index >= 15 is 0 Å². The summed E-state index contributed by atoms with van der Waals surface area (Å²) in [7, 11) is 0. The first-order valence-electron chi connectivity index (χ1n) is 9.72. The molecule has 0 heterocycles. The Labute approximate surface area is 169 Å². The molecule has 0 saturated heterocycles. The average molecular weight is 385 g/mol. The lowest BCUT2D eigenvalue weighted by Gasteiger charge is -2.41. The van der Waals surface area contributed by atoms with Crippen molar-refractivity contribution in [3.8, 4) is 11.1 Å². The lowest BCUT2D eigenvalue weighted by atomic mass is 9.66. The summed E-state index contributed by atoms with van der Waals surface area (Å²) in [6, 6.07) is 17.7. The first-order valence-corrected chi connectivity index (χ1v) is 9.72. The second kappa shape index (κ2) is 6.64. The van der Waals surface area contributed by atoms with Gasteiger partial charge in [-0.15, -0.1) is 0 Å². The Morgan fingerprint density at radius 3 is 2.31 bits per heavy atom. The van der Waals surface area contributed by atoms with E-state index in [9.17, 15) is 9.90 Å². The summed E-state index contributed by atoms with van der Waals surface area (Å²) in [5.74, 6) is -0.920. The summed E-state index contributed by atoms with van der Waals surface area (Å²) in [6.07, 6.45) is 1.78. The van der Waals surface area contributed by atoms with Crippen molar-refractivity contribution in [3.63, 3.8) is 0 Å². The molecular formula is C24H23N3O2. The third-order valence-corrected chi connectivity index (χ3v) is 6.25. The molecule has 0 aliphatic heterocycles. The minimum absolute atomic E-state index is 0.00304. The number of azide groups is 1. The van der Waals surface area contributed by atoms with Gasteiger partial charge in [-0.05, 0) is 81.9 Å². The predicted molar refractivity (Wildman–Crippen MR) is 115 cm³/mol. The van der Waals surface area contributed by atoms with Crippen LogP contribution in [0.1, 0.15) is 55.1 Å². The second-order valence-corrected chi connectivity index (χ2v) is 8.69. The molecule has 0 spiro atoms. The standard InChI is InChI=1S/C24H23N3O2/c1-23(2)10-11-24(3,26-27-25)20-9-8-18(14-21(20)23)16-4-5-17-13-19(22(28)29)7-6-15(17)12-16/h4-9,12-14H,10-11H2,1-3H3,(H,28,29). The zero-order chi connectivity index (χ0) is 20.8. The molecule has 0 aromatic heterocycles. The van der Waals surface area contributed by atoms with Gasteiger partial charge in [0.05, 0.1) is 11.1 Å². The van der Waals surface area contributed by atoms with Crippen molar-refractivity contribution in [2.45, 2.75) is 44.6 Å². The van der Waals surface area contributed by atoms with E-state index in [1.54, 1.807) is 12.1 Å². The Bertz CT molecular complexity index is 1190. The van der Waals surface area contributed by atoms with Crippen LogP contribution in [0.3, 0.4) is 0 Å². The van der Waals surface area contributed by atoms with Crippen molar-refractivity contribution in [2.75, 3.05) is 0 Å². The van der Waals surface area contributed by atoms with Crippen molar-refractivity contribution in [1.29, 1.82) is 0 Å². The molecule has 3 aromatic carbocycles. The van der Waals surface area contributed by atoms with E-state index in [1.165, 1.54) is 5.56 Å². The van der Waals surface area contributed by atoms with Crippen LogP contribution in [-0.4, -0.2) is 11.1 Å². The molecule has 0 fully saturated rings. The normalized spacial score (nSPS) is 20.0. The van der Waals surface area contributed by atoms with E-state index in [1.807, 2.05) is 25.1 Å². The van der Waals surface area contributed by atoms with Crippen molar-refractivity contribution >= 4 is 16.7 Å². The summed E-state index contributed by atoms with van der Waals surface area (Å²) in [4.78, 5) is 14.3. The third kappa shape index (κ3) is 3.24. The predicted octanol–water partition coefficient (Wildman–Crippen LogP) is 6.80. The molecule has 5 nitrogen and oxygen atoms in total. The second-order valence-electron chi connectivity index (χ2n) is 8.69. The molecule has 0 radical (unpaired) electrons. The van der Waals surface area contributed by atoms with E-state index in [0.717, 1.165) is 40.3 Å². The van der Waals surface area contributed by atoms with Gasteiger partial charge in [0.25, 0.3) is 0 Å². The first-order chi connectivity index (χ1) is 13.7. The molecule has 0 saturated carbocycles. The first kappa shape index (κ1) is 19.0. The van der Waals surface area contributed by atoms with Crippen LogP contribution in [0.5, 0.6) is 0 Å². The molecule has 1 N–H and O–H groups in total. The number of nitrogens with zero attached hydrogens (tertiary/aromatic N) is 3. The average Bonchev–Trinajstić information content (AvgIpc) is 2.70. The van der Waals surface area contributed by atoms with Crippen molar-refractivity contribution in [2.24, 2.45) is 5.11 Å². The van der Waals surface area contributed by atoms with Crippen molar-refractivity contribution in [3.05, 3.63) is 81.7 Å². The Morgan fingerprint density at radius 2 is 1.59 bits per heavy atom. The molecule has 3 aromatic rings. The summed E-state index contributed by atoms with van der Waals surface area (Å²) in [6.45, 7) is 6.48. The highest BCUT2D eigenvalue weighted by atomic mass is 16.4. The van der Waals surface area contributed by atoms with Gasteiger partial charge >= 0.3 is 5.97 Å². The van der Waals surface area contributed by atoms with E-state index in [0.29, 0.717) is 0 Å². The van der Waals surface area contributed by atoms with Gasteiger partial charge < -0.3 is 5.11 Å². The fourth-order valence-electron chi connectivity index (χ4n) is 4.34. The van der Waals surface area contributed by atoms with Gasteiger partial charge in [-0.25, -0.2) is 4.79 Å². The van der Waals surface area contributed by atoms with Crippen LogP contribution in [0.25, 0.3) is 32.3 Å². The van der Waals surface area contributed by atoms with Crippen LogP contribution in [0.2, 0.25) is 0 Å². The summed E-state index contributed by atoms with van der Waals surface area (Å²) in [5.41, 5.74) is 13.3. The fourth-order valence-corrected chi connectivity index (χ4v) is 4.34. The highest BCUT2D eigenvalue weighted by Gasteiger charge is 2.39. The van der Waals surface area contributed by atoms with Crippen LogP contribution in [0.15, 0.2) is 59.7 Å². The van der Waals surface area contributed by atoms with Gasteiger partial charge in [-0.3, -0.25) is 0 Å². The lowest BCUT2D eigenvalue weighted by Crippen LogP contribution is -2.34. The van der Waals surface area contributed by atoms with Crippen LogP contribution in [0.4, 0.5) is 0 Å². The molecule has 4 rings (SSSR count). The molecule has 1 atom stereocenters. The van der Waals surface area contributed by atoms with E-state index in [4.69, 9.17) is 5.53 Å². The fraction of sp³-hybridized carbons (Fsp3) is 0.292. The molecule has 1 unspecified atom stereocenters. The number of carboxylic acids is 1. The van der Waals surface area contributed by atoms with Crippen LogP contribution in [-0.2, 0) is 11.0 Å². The van der Waals surface area contributed by atoms with Gasteiger partial charge in [0.1, 0.15) is 0 Å². The molecule has 0 amide bonds. The molecule has 0 bridgehead atoms. The van der Waals surface area contributed by atoms with Gasteiger partial charge in [-0.2, -0.15) is 0 Å². The van der Waals surface area contributed by atoms with Gasteiger partial charge in [0, 0.05) is 4.91 Å². The zero-order valence-corrected chi connectivity index (χ0v) is 16.8. The van der Waals surface area contributed by atoms with Crippen LogP contribution in [0, 0.1) is 0 Å². The van der Waals surface area contributed by atoms with E-state index in [-0.39, 0.29) is 11.0 Å². The summed E-state index contributed by atoms with van der Waals surface area (Å²) >= 11 is 0. The van der Waals surface area contributed by atoms with Crippen LogP contribution < -0.4 is 0 Å². The number of rotatable bonds is 3. The molecule has 146 valence electrons. The number of aromatic carboxylic acids is 1.